The molecular weight excluding hydrogens is 230 g/mol. The highest BCUT2D eigenvalue weighted by Crippen LogP contribution is 2.57. The molecule has 0 aliphatic rings. The van der Waals surface area contributed by atoms with E-state index >= 15 is 0 Å². The fourth-order valence-corrected chi connectivity index (χ4v) is 1.81. The van der Waals surface area contributed by atoms with Crippen molar-refractivity contribution in [3.05, 3.63) is 29.3 Å². The van der Waals surface area contributed by atoms with Crippen molar-refractivity contribution in [1.82, 2.24) is 0 Å². The van der Waals surface area contributed by atoms with Gasteiger partial charge in [-0.2, -0.15) is 0 Å². The number of hydrogen-bond donors (Lipinski definition) is 0. The maximum Gasteiger partial charge on any atom is 0.428 e. The molecule has 0 fully saturated rings. The van der Waals surface area contributed by atoms with E-state index in [1.807, 2.05) is 19.9 Å². The van der Waals surface area contributed by atoms with Crippen LogP contribution in [0.3, 0.4) is 0 Å². The Hall–Kier alpha value is -0.170. The fraction of sp³-hybridized carbons (Fsp3) is 0.250. The van der Waals surface area contributed by atoms with Crippen molar-refractivity contribution >= 4 is 28.6 Å². The van der Waals surface area contributed by atoms with E-state index in [9.17, 15) is 4.57 Å². The van der Waals surface area contributed by atoms with E-state index in [4.69, 9.17) is 27.0 Å². The Kier molecular flexibility index (Phi) is 3.28. The Morgan fingerprint density at radius 3 is 2.46 bits per heavy atom. The Bertz CT molecular complexity index is 359. The van der Waals surface area contributed by atoms with Crippen molar-refractivity contribution in [3.63, 3.8) is 0 Å². The van der Waals surface area contributed by atoms with Crippen LogP contribution in [0.5, 0.6) is 5.75 Å². The number of rotatable bonds is 2. The van der Waals surface area contributed by atoms with Crippen molar-refractivity contribution < 1.29 is 9.09 Å². The summed E-state index contributed by atoms with van der Waals surface area (Å²) in [5, 5.41) is 0. The molecule has 5 heteroatoms. The van der Waals surface area contributed by atoms with Gasteiger partial charge in [-0.05, 0) is 31.0 Å². The molecule has 0 aliphatic carbocycles. The summed E-state index contributed by atoms with van der Waals surface area (Å²) in [7, 11) is 0. The van der Waals surface area contributed by atoms with Gasteiger partial charge in [0.25, 0.3) is 0 Å². The smallest absolute Gasteiger partial charge is 0.422 e. The van der Waals surface area contributed by atoms with Gasteiger partial charge in [-0.1, -0.05) is 12.1 Å². The lowest BCUT2D eigenvalue weighted by molar-refractivity contribution is 0.511. The molecule has 13 heavy (non-hydrogen) atoms. The Balaban J connectivity index is 3.03. The first-order valence-electron chi connectivity index (χ1n) is 3.65. The topological polar surface area (TPSA) is 26.3 Å². The zero-order valence-electron chi connectivity index (χ0n) is 7.25. The third-order valence-corrected chi connectivity index (χ3v) is 2.58. The zero-order valence-corrected chi connectivity index (χ0v) is 9.66. The van der Waals surface area contributed by atoms with Gasteiger partial charge in [0.05, 0.1) is 0 Å². The maximum absolute atomic E-state index is 11.0. The lowest BCUT2D eigenvalue weighted by Crippen LogP contribution is -1.88. The molecule has 0 spiro atoms. The molecular formula is C8H9Cl2O2P. The van der Waals surface area contributed by atoms with E-state index in [0.29, 0.717) is 5.75 Å². The van der Waals surface area contributed by atoms with Crippen LogP contribution in [-0.4, -0.2) is 0 Å². The van der Waals surface area contributed by atoms with E-state index in [1.54, 1.807) is 12.1 Å². The van der Waals surface area contributed by atoms with Crippen LogP contribution in [0.2, 0.25) is 0 Å². The van der Waals surface area contributed by atoms with Crippen molar-refractivity contribution in [3.8, 4) is 5.75 Å². The minimum atomic E-state index is -3.49. The monoisotopic (exact) mass is 238 g/mol. The van der Waals surface area contributed by atoms with E-state index in [0.717, 1.165) is 11.1 Å². The first-order valence-corrected chi connectivity index (χ1v) is 7.09. The van der Waals surface area contributed by atoms with Gasteiger partial charge in [0.1, 0.15) is 5.75 Å². The minimum absolute atomic E-state index is 0.466. The van der Waals surface area contributed by atoms with Gasteiger partial charge in [-0.15, -0.1) is 0 Å². The van der Waals surface area contributed by atoms with Gasteiger partial charge in [0.2, 0.25) is 0 Å². The normalized spacial score (nSPS) is 11.4. The highest BCUT2D eigenvalue weighted by Gasteiger charge is 2.17. The number of halogens is 2. The van der Waals surface area contributed by atoms with Gasteiger partial charge in [-0.3, -0.25) is 0 Å². The van der Waals surface area contributed by atoms with Crippen LogP contribution in [0.4, 0.5) is 0 Å². The Morgan fingerprint density at radius 1 is 1.31 bits per heavy atom. The first-order chi connectivity index (χ1) is 5.90. The summed E-state index contributed by atoms with van der Waals surface area (Å²) in [5.41, 5.74) is 1.93. The van der Waals surface area contributed by atoms with Crippen LogP contribution < -0.4 is 4.52 Å². The van der Waals surface area contributed by atoms with Crippen LogP contribution in [0.25, 0.3) is 0 Å². The molecule has 0 N–H and O–H groups in total. The fourth-order valence-electron chi connectivity index (χ4n) is 0.938. The van der Waals surface area contributed by atoms with Crippen molar-refractivity contribution in [2.75, 3.05) is 0 Å². The highest BCUT2D eigenvalue weighted by molar-refractivity contribution is 8.05. The third-order valence-electron chi connectivity index (χ3n) is 1.76. The zero-order chi connectivity index (χ0) is 10.1. The van der Waals surface area contributed by atoms with Crippen LogP contribution in [0, 0.1) is 13.8 Å². The van der Waals surface area contributed by atoms with E-state index in [1.165, 1.54) is 0 Å². The number of aryl methyl sites for hydroxylation is 1. The first kappa shape index (κ1) is 10.9. The summed E-state index contributed by atoms with van der Waals surface area (Å²) in [6, 6.07) is 5.40. The van der Waals surface area contributed by atoms with Gasteiger partial charge in [-0.25, -0.2) is 4.57 Å². The molecule has 0 aromatic heterocycles. The van der Waals surface area contributed by atoms with Crippen LogP contribution in [-0.2, 0) is 4.57 Å². The molecule has 0 radical (unpaired) electrons. The molecule has 0 unspecified atom stereocenters. The lowest BCUT2D eigenvalue weighted by Gasteiger charge is -2.10. The molecule has 0 atom stereocenters. The summed E-state index contributed by atoms with van der Waals surface area (Å²) < 4.78 is 15.9. The molecule has 0 saturated carbocycles. The average Bonchev–Trinajstić information content (AvgIpc) is 1.96. The molecule has 0 saturated heterocycles. The number of benzene rings is 1. The second-order valence-electron chi connectivity index (χ2n) is 2.70. The molecule has 72 valence electrons. The maximum atomic E-state index is 11.0. The van der Waals surface area contributed by atoms with Crippen molar-refractivity contribution in [2.45, 2.75) is 13.8 Å². The number of hydrogen-bond acceptors (Lipinski definition) is 2. The van der Waals surface area contributed by atoms with Gasteiger partial charge < -0.3 is 4.52 Å². The van der Waals surface area contributed by atoms with Crippen LogP contribution in [0.15, 0.2) is 18.2 Å². The molecule has 0 bridgehead atoms. The molecule has 1 rings (SSSR count). The summed E-state index contributed by atoms with van der Waals surface area (Å²) in [6.07, 6.45) is -3.49. The third kappa shape index (κ3) is 3.22. The summed E-state index contributed by atoms with van der Waals surface area (Å²) in [4.78, 5) is 0. The van der Waals surface area contributed by atoms with Gasteiger partial charge in [0.15, 0.2) is 0 Å². The molecule has 1 aromatic carbocycles. The summed E-state index contributed by atoms with van der Waals surface area (Å²) in [5.74, 6) is 0.466. The lowest BCUT2D eigenvalue weighted by atomic mass is 10.1. The van der Waals surface area contributed by atoms with E-state index in [-0.39, 0.29) is 0 Å². The summed E-state index contributed by atoms with van der Waals surface area (Å²) >= 11 is 10.6. The highest BCUT2D eigenvalue weighted by atomic mass is 35.9. The molecule has 2 nitrogen and oxygen atoms in total. The van der Waals surface area contributed by atoms with Crippen LogP contribution in [0.1, 0.15) is 11.1 Å². The van der Waals surface area contributed by atoms with Crippen molar-refractivity contribution in [1.29, 1.82) is 0 Å². The second-order valence-corrected chi connectivity index (χ2v) is 6.90. The summed E-state index contributed by atoms with van der Waals surface area (Å²) in [6.45, 7) is 3.78. The van der Waals surface area contributed by atoms with Gasteiger partial charge in [0, 0.05) is 22.5 Å². The molecule has 0 aliphatic heterocycles. The van der Waals surface area contributed by atoms with E-state index < -0.39 is 6.07 Å². The van der Waals surface area contributed by atoms with E-state index in [2.05, 4.69) is 0 Å². The Morgan fingerprint density at radius 2 is 1.92 bits per heavy atom. The molecule has 0 heterocycles. The SMILES string of the molecule is Cc1cccc(OP(=O)(Cl)Cl)c1C. The Labute approximate surface area is 86.8 Å². The second kappa shape index (κ2) is 3.91. The predicted molar refractivity (Wildman–Crippen MR) is 55.9 cm³/mol. The molecule has 0 amide bonds. The molecule has 1 aromatic rings. The van der Waals surface area contributed by atoms with Crippen LogP contribution >= 0.6 is 28.6 Å². The largest absolute Gasteiger partial charge is 0.428 e. The minimum Gasteiger partial charge on any atom is -0.422 e. The van der Waals surface area contributed by atoms with Crippen molar-refractivity contribution in [2.24, 2.45) is 0 Å². The quantitative estimate of drug-likeness (QED) is 0.720. The average molecular weight is 239 g/mol. The predicted octanol–water partition coefficient (Wildman–Crippen LogP) is 4.27. The standard InChI is InChI=1S/C8H9Cl2O2P/c1-6-4-3-5-8(7(6)2)12-13(9,10)11/h3-5H,1-2H3. The van der Waals surface area contributed by atoms with Gasteiger partial charge >= 0.3 is 6.07 Å².